The number of Topliss-reactive ketones (excluding diaryl/α,β-unsaturated/α-hetero) is 1. The third-order valence-corrected chi connectivity index (χ3v) is 18.0. The van der Waals surface area contributed by atoms with Gasteiger partial charge in [-0.15, -0.1) is 0 Å². The number of carbonyl (C=O) groups is 10. The standard InChI is InChI=1S/C57H63N5O17/c1-53-20-19-36(64)21-34(53)9-12-37-38-22-42-57(41(66)26-63,54(38,2)24-40(65)49(37)53)78-51(77-42)33-7-3-31(4-8-33)23-55-28-56(29-55,30-55)61-52(75)76-27-32-5-10-35(11-6-32)59-50(74)39(13-17-47(71)72)60-44(68)25-58-43(67)14-18-48(73)79-62-45(69)15-16-46(62)70/h3-8,10-11,15-16,19-21,37-40,42,49,51,63,65H,9,12-14,17-18,22-30H2,1-2H3,(H,58,67)(H,59,74)(H,60,68)(H,61,75)(H,71,72)/t37-,38-,39-,40-,42+,49+,51-,53-,54-,55?,56?,57+/m0/s1. The Kier molecular flexibility index (Phi) is 14.6. The zero-order valence-corrected chi connectivity index (χ0v) is 43.7. The van der Waals surface area contributed by atoms with Gasteiger partial charge in [-0.3, -0.25) is 38.4 Å². The summed E-state index contributed by atoms with van der Waals surface area (Å²) in [6, 6.07) is 13.0. The lowest BCUT2D eigenvalue weighted by atomic mass is 9.38. The van der Waals surface area contributed by atoms with Gasteiger partial charge in [-0.25, -0.2) is 9.59 Å². The largest absolute Gasteiger partial charge is 0.481 e. The fourth-order valence-electron chi connectivity index (χ4n) is 14.6. The average molecular weight is 1090 g/mol. The molecule has 418 valence electrons. The third kappa shape index (κ3) is 10.3. The van der Waals surface area contributed by atoms with Crippen molar-refractivity contribution in [3.8, 4) is 0 Å². The molecule has 0 aromatic heterocycles. The molecule has 2 aromatic carbocycles. The minimum absolute atomic E-state index is 0.0120. The Morgan fingerprint density at radius 2 is 1.57 bits per heavy atom. The third-order valence-electron chi connectivity index (χ3n) is 18.0. The maximum atomic E-state index is 14.0. The smallest absolute Gasteiger partial charge is 0.407 e. The Balaban J connectivity index is 0.656. The van der Waals surface area contributed by atoms with Gasteiger partial charge in [0.15, 0.2) is 23.5 Å². The van der Waals surface area contributed by atoms with Gasteiger partial charge in [0.2, 0.25) is 17.7 Å². The van der Waals surface area contributed by atoms with Crippen molar-refractivity contribution in [1.82, 2.24) is 21.0 Å². The van der Waals surface area contributed by atoms with Crippen LogP contribution in [0.3, 0.4) is 0 Å². The van der Waals surface area contributed by atoms with Crippen molar-refractivity contribution in [3.05, 3.63) is 101 Å². The summed E-state index contributed by atoms with van der Waals surface area (Å²) in [6.45, 7) is 2.72. The molecule has 7 fully saturated rings. The second-order valence-electron chi connectivity index (χ2n) is 23.1. The van der Waals surface area contributed by atoms with Crippen LogP contribution in [0.2, 0.25) is 0 Å². The van der Waals surface area contributed by atoms with Crippen LogP contribution >= 0.6 is 0 Å². The molecule has 7 N–H and O–H groups in total. The second kappa shape index (κ2) is 21.0. The van der Waals surface area contributed by atoms with E-state index in [1.165, 1.54) is 0 Å². The van der Waals surface area contributed by atoms with E-state index < -0.39 is 127 Å². The zero-order valence-electron chi connectivity index (χ0n) is 43.7. The second-order valence-corrected chi connectivity index (χ2v) is 23.1. The molecule has 6 amide bonds. The zero-order chi connectivity index (χ0) is 56.2. The van der Waals surface area contributed by atoms with Crippen LogP contribution in [0.5, 0.6) is 0 Å². The van der Waals surface area contributed by atoms with Crippen LogP contribution in [0.15, 0.2) is 84.5 Å². The minimum atomic E-state index is -1.45. The van der Waals surface area contributed by atoms with E-state index in [-0.39, 0.29) is 52.6 Å². The molecule has 2 aromatic rings. The van der Waals surface area contributed by atoms with Gasteiger partial charge in [0.1, 0.15) is 19.3 Å². The van der Waals surface area contributed by atoms with Gasteiger partial charge >= 0.3 is 18.0 Å². The van der Waals surface area contributed by atoms with E-state index in [0.29, 0.717) is 24.1 Å². The number of hydroxylamine groups is 2. The summed E-state index contributed by atoms with van der Waals surface area (Å²) in [7, 11) is 0. The summed E-state index contributed by atoms with van der Waals surface area (Å²) < 4.78 is 19.0. The first-order chi connectivity index (χ1) is 37.6. The molecule has 1 saturated heterocycles. The molecule has 6 saturated carbocycles. The molecular formula is C57H63N5O17. The Hall–Kier alpha value is -7.40. The van der Waals surface area contributed by atoms with Gasteiger partial charge in [-0.1, -0.05) is 67.0 Å². The predicted octanol–water partition coefficient (Wildman–Crippen LogP) is 3.25. The van der Waals surface area contributed by atoms with Crippen LogP contribution in [-0.4, -0.2) is 122 Å². The number of ether oxygens (including phenoxy) is 3. The lowest BCUT2D eigenvalue weighted by Crippen LogP contribution is -2.75. The molecule has 9 aliphatic rings. The molecule has 0 radical (unpaired) electrons. The predicted molar refractivity (Wildman–Crippen MR) is 273 cm³/mol. The van der Waals surface area contributed by atoms with Crippen LogP contribution in [0.25, 0.3) is 0 Å². The molecule has 2 bridgehead atoms. The van der Waals surface area contributed by atoms with E-state index >= 15 is 0 Å². The van der Waals surface area contributed by atoms with Gasteiger partial charge in [0, 0.05) is 58.5 Å². The van der Waals surface area contributed by atoms with Crippen LogP contribution in [-0.2, 0) is 75.2 Å². The molecule has 11 rings (SSSR count). The van der Waals surface area contributed by atoms with E-state index in [0.717, 1.165) is 67.4 Å². The number of anilines is 1. The first-order valence-corrected chi connectivity index (χ1v) is 26.7. The quantitative estimate of drug-likeness (QED) is 0.0936. The number of imide groups is 1. The van der Waals surface area contributed by atoms with Gasteiger partial charge in [-0.2, -0.15) is 0 Å². The summed E-state index contributed by atoms with van der Waals surface area (Å²) in [5.41, 5.74) is 0.730. The van der Waals surface area contributed by atoms with Crippen LogP contribution in [0.4, 0.5) is 10.5 Å². The highest BCUT2D eigenvalue weighted by molar-refractivity contribution is 6.12. The van der Waals surface area contributed by atoms with Crippen molar-refractivity contribution in [2.45, 2.75) is 133 Å². The number of aliphatic hydroxyl groups is 2. The molecule has 7 aliphatic carbocycles. The van der Waals surface area contributed by atoms with Crippen molar-refractivity contribution >= 4 is 64.8 Å². The molecule has 0 spiro atoms. The summed E-state index contributed by atoms with van der Waals surface area (Å²) in [4.78, 5) is 128. The molecule has 2 heterocycles. The number of carboxylic acid groups (broad SMARTS) is 1. The highest BCUT2D eigenvalue weighted by Gasteiger charge is 2.76. The topological polar surface area (TPSA) is 320 Å². The van der Waals surface area contributed by atoms with E-state index in [9.17, 15) is 63.3 Å². The number of rotatable bonds is 20. The maximum Gasteiger partial charge on any atom is 0.407 e. The summed E-state index contributed by atoms with van der Waals surface area (Å²) in [5, 5.41) is 42.2. The van der Waals surface area contributed by atoms with E-state index in [1.807, 2.05) is 37.3 Å². The SMILES string of the molecule is C[C@]12C=CC(=O)C=C1CC[C@@H]1[C@@H]2[C@@H](O)C[C@@]2(C)[C@H]1C[C@H]1O[C@H](c3ccc(CC45CC(NC(=O)OCc6ccc(NC(=O)[C@H](CCC(=O)O)NC(=O)CNC(=O)CCC(=O)ON7C(=O)C=CC7=O)cc6)(C4)C5)cc3)O[C@]12C(=O)CO. The normalized spacial score (nSPS) is 32.6. The fraction of sp³-hybridized carbons (Fsp3) is 0.509. The highest BCUT2D eigenvalue weighted by atomic mass is 16.7. The molecule has 22 heteroatoms. The monoisotopic (exact) mass is 1090 g/mol. The Labute approximate surface area is 453 Å². The minimum Gasteiger partial charge on any atom is -0.481 e. The number of nitrogens with one attached hydrogen (secondary N) is 4. The molecule has 10 atom stereocenters. The molecule has 79 heavy (non-hydrogen) atoms. The number of hydrogen-bond acceptors (Lipinski definition) is 16. The number of ketones is 2. The number of aliphatic carboxylic acids is 1. The number of hydrogen-bond donors (Lipinski definition) is 7. The van der Waals surface area contributed by atoms with E-state index in [4.69, 9.17) is 14.2 Å². The molecule has 2 aliphatic heterocycles. The van der Waals surface area contributed by atoms with Gasteiger partial charge in [-0.05, 0) is 110 Å². The van der Waals surface area contributed by atoms with Crippen molar-refractivity contribution in [2.24, 2.45) is 34.0 Å². The number of carbonyl (C=O) groups excluding carboxylic acids is 9. The van der Waals surface area contributed by atoms with Crippen LogP contribution in [0.1, 0.15) is 107 Å². The van der Waals surface area contributed by atoms with E-state index in [2.05, 4.69) is 33.0 Å². The Bertz CT molecular complexity index is 2950. The molecular weight excluding hydrogens is 1030 g/mol. The number of fused-ring (bicyclic) bond motifs is 7. The highest BCUT2D eigenvalue weighted by Crippen LogP contribution is 2.71. The summed E-state index contributed by atoms with van der Waals surface area (Å²) in [6.07, 6.45) is 8.02. The first-order valence-electron chi connectivity index (χ1n) is 26.7. The lowest BCUT2D eigenvalue weighted by molar-refractivity contribution is -0.201. The fourth-order valence-corrected chi connectivity index (χ4v) is 14.6. The summed E-state index contributed by atoms with van der Waals surface area (Å²) >= 11 is 0. The Morgan fingerprint density at radius 1 is 0.873 bits per heavy atom. The van der Waals surface area contributed by atoms with Gasteiger partial charge in [0.05, 0.1) is 25.2 Å². The summed E-state index contributed by atoms with van der Waals surface area (Å²) in [5.74, 6) is -6.86. The first kappa shape index (κ1) is 54.9. The number of benzene rings is 2. The van der Waals surface area contributed by atoms with Crippen molar-refractivity contribution < 1.29 is 82.3 Å². The van der Waals surface area contributed by atoms with Crippen molar-refractivity contribution in [3.63, 3.8) is 0 Å². The van der Waals surface area contributed by atoms with Crippen LogP contribution in [0, 0.1) is 34.0 Å². The number of aliphatic hydroxyl groups excluding tert-OH is 2. The molecule has 22 nitrogen and oxygen atoms in total. The average Bonchev–Trinajstić information content (AvgIpc) is 3.75. The van der Waals surface area contributed by atoms with Crippen LogP contribution < -0.4 is 21.3 Å². The van der Waals surface area contributed by atoms with Crippen molar-refractivity contribution in [1.29, 1.82) is 0 Å². The van der Waals surface area contributed by atoms with E-state index in [1.54, 1.807) is 36.4 Å². The number of nitrogens with zero attached hydrogens (tertiary/aromatic N) is 1. The van der Waals surface area contributed by atoms with Gasteiger partial charge < -0.3 is 55.6 Å². The Morgan fingerprint density at radius 3 is 2.25 bits per heavy atom. The van der Waals surface area contributed by atoms with Gasteiger partial charge in [0.25, 0.3) is 11.8 Å². The number of amides is 6. The molecule has 0 unspecified atom stereocenters. The maximum absolute atomic E-state index is 14.0. The number of carboxylic acids is 1. The number of allylic oxidation sites excluding steroid dienone is 4. The van der Waals surface area contributed by atoms with Crippen molar-refractivity contribution in [2.75, 3.05) is 18.5 Å². The number of alkyl carbamates (subject to hydrolysis) is 1. The lowest BCUT2D eigenvalue weighted by Gasteiger charge is -2.70.